The van der Waals surface area contributed by atoms with Gasteiger partial charge in [0.15, 0.2) is 0 Å². The van der Waals surface area contributed by atoms with Gasteiger partial charge in [0.25, 0.3) is 0 Å². The fourth-order valence-corrected chi connectivity index (χ4v) is 3.59. The molecule has 0 radical (unpaired) electrons. The largest absolute Gasteiger partial charge is 0.306 e. The van der Waals surface area contributed by atoms with Crippen LogP contribution in [0.1, 0.15) is 32.6 Å². The van der Waals surface area contributed by atoms with Crippen LogP contribution in [0.3, 0.4) is 0 Å². The summed E-state index contributed by atoms with van der Waals surface area (Å²) in [7, 11) is 1.44. The summed E-state index contributed by atoms with van der Waals surface area (Å²) in [5.41, 5.74) is 0. The van der Waals surface area contributed by atoms with E-state index in [2.05, 4.69) is 19.0 Å². The van der Waals surface area contributed by atoms with Crippen LogP contribution in [0.5, 0.6) is 0 Å². The lowest BCUT2D eigenvalue weighted by atomic mass is 9.87. The molecule has 1 aliphatic rings. The third kappa shape index (κ3) is 4.11. The zero-order valence-electron chi connectivity index (χ0n) is 10.1. The predicted molar refractivity (Wildman–Crippen MR) is 63.8 cm³/mol. The molecular weight excluding hydrogens is 210 g/mol. The molecule has 0 atom stereocenters. The molecule has 0 amide bonds. The zero-order chi connectivity index (χ0) is 11.5. The topological polar surface area (TPSA) is 37.4 Å². The smallest absolute Gasteiger partial charge is 0.150 e. The Hall–Kier alpha value is -0.0900. The summed E-state index contributed by atoms with van der Waals surface area (Å²) in [6.45, 7) is 1.74. The molecule has 1 saturated carbocycles. The summed E-state index contributed by atoms with van der Waals surface area (Å²) < 4.78 is 22.9. The first-order valence-corrected chi connectivity index (χ1v) is 7.63. The van der Waals surface area contributed by atoms with Gasteiger partial charge in [-0.05, 0) is 45.7 Å². The number of sulfone groups is 1. The van der Waals surface area contributed by atoms with Crippen LogP contribution in [-0.4, -0.2) is 45.0 Å². The van der Waals surface area contributed by atoms with E-state index in [1.54, 1.807) is 6.92 Å². The minimum Gasteiger partial charge on any atom is -0.306 e. The first-order chi connectivity index (χ1) is 6.94. The van der Waals surface area contributed by atoms with E-state index in [1.165, 1.54) is 0 Å². The van der Waals surface area contributed by atoms with Gasteiger partial charge in [-0.1, -0.05) is 6.92 Å². The lowest BCUT2D eigenvalue weighted by molar-refractivity contribution is 0.201. The Bertz CT molecular complexity index is 277. The van der Waals surface area contributed by atoms with Gasteiger partial charge in [0.1, 0.15) is 9.84 Å². The molecule has 1 aliphatic carbocycles. The molecule has 0 spiro atoms. The van der Waals surface area contributed by atoms with E-state index in [9.17, 15) is 8.42 Å². The molecule has 4 heteroatoms. The monoisotopic (exact) mass is 233 g/mol. The molecule has 0 aromatic rings. The van der Waals surface area contributed by atoms with Crippen LogP contribution in [0.15, 0.2) is 0 Å². The summed E-state index contributed by atoms with van der Waals surface area (Å²) in [5, 5.41) is 0. The van der Waals surface area contributed by atoms with Crippen molar-refractivity contribution in [1.29, 1.82) is 0 Å². The number of nitrogens with zero attached hydrogens (tertiary/aromatic N) is 1. The molecular formula is C11H23NO2S. The fourth-order valence-electron chi connectivity index (χ4n) is 2.30. The molecule has 0 aromatic carbocycles. The van der Waals surface area contributed by atoms with Gasteiger partial charge in [0, 0.05) is 11.8 Å². The average molecular weight is 233 g/mol. The van der Waals surface area contributed by atoms with E-state index in [-0.39, 0.29) is 0 Å². The van der Waals surface area contributed by atoms with Crippen molar-refractivity contribution >= 4 is 9.84 Å². The van der Waals surface area contributed by atoms with Gasteiger partial charge in [0.2, 0.25) is 0 Å². The van der Waals surface area contributed by atoms with Crippen LogP contribution in [0.4, 0.5) is 0 Å². The van der Waals surface area contributed by atoms with Gasteiger partial charge in [-0.25, -0.2) is 8.42 Å². The fraction of sp³-hybridized carbons (Fsp3) is 1.00. The maximum absolute atomic E-state index is 11.5. The molecule has 0 heterocycles. The van der Waals surface area contributed by atoms with Crippen LogP contribution in [0.2, 0.25) is 0 Å². The Kier molecular flexibility index (Phi) is 4.59. The highest BCUT2D eigenvalue weighted by Gasteiger charge is 2.25. The second-order valence-corrected chi connectivity index (χ2v) is 7.23. The first kappa shape index (κ1) is 13.0. The molecule has 0 N–H and O–H groups in total. The van der Waals surface area contributed by atoms with Crippen LogP contribution in [0.25, 0.3) is 0 Å². The van der Waals surface area contributed by atoms with E-state index in [0.29, 0.717) is 23.5 Å². The predicted octanol–water partition coefficient (Wildman–Crippen LogP) is 1.54. The highest BCUT2D eigenvalue weighted by molar-refractivity contribution is 7.91. The Morgan fingerprint density at radius 3 is 2.07 bits per heavy atom. The van der Waals surface area contributed by atoms with Gasteiger partial charge in [-0.2, -0.15) is 0 Å². The molecule has 0 unspecified atom stereocenters. The molecule has 0 saturated heterocycles. The summed E-state index contributed by atoms with van der Waals surface area (Å²) in [5.74, 6) is 1.11. The molecule has 15 heavy (non-hydrogen) atoms. The van der Waals surface area contributed by atoms with Crippen molar-refractivity contribution in [3.63, 3.8) is 0 Å². The SMILES string of the molecule is CCS(=O)(=O)CC1CCC(N(C)C)CC1. The minimum absolute atomic E-state index is 0.292. The summed E-state index contributed by atoms with van der Waals surface area (Å²) in [4.78, 5) is 2.25. The van der Waals surface area contributed by atoms with E-state index >= 15 is 0 Å². The van der Waals surface area contributed by atoms with Gasteiger partial charge in [-0.3, -0.25) is 0 Å². The van der Waals surface area contributed by atoms with Gasteiger partial charge < -0.3 is 4.90 Å². The highest BCUT2D eigenvalue weighted by atomic mass is 32.2. The van der Waals surface area contributed by atoms with E-state index < -0.39 is 9.84 Å². The molecule has 1 rings (SSSR count). The maximum atomic E-state index is 11.5. The lowest BCUT2D eigenvalue weighted by Gasteiger charge is -2.32. The second-order valence-electron chi connectivity index (χ2n) is 4.84. The molecule has 1 fully saturated rings. The third-order valence-electron chi connectivity index (χ3n) is 3.48. The standard InChI is InChI=1S/C11H23NO2S/c1-4-15(13,14)9-10-5-7-11(8-6-10)12(2)3/h10-11H,4-9H2,1-3H3. The Morgan fingerprint density at radius 2 is 1.67 bits per heavy atom. The van der Waals surface area contributed by atoms with Crippen LogP contribution < -0.4 is 0 Å². The van der Waals surface area contributed by atoms with Crippen LogP contribution >= 0.6 is 0 Å². The van der Waals surface area contributed by atoms with Crippen molar-refractivity contribution < 1.29 is 8.42 Å². The Balaban J connectivity index is 2.38. The molecule has 0 bridgehead atoms. The van der Waals surface area contributed by atoms with Gasteiger partial charge in [0.05, 0.1) is 5.75 Å². The summed E-state index contributed by atoms with van der Waals surface area (Å²) >= 11 is 0. The number of rotatable bonds is 4. The van der Waals surface area contributed by atoms with E-state index in [4.69, 9.17) is 0 Å². The van der Waals surface area contributed by atoms with Crippen molar-refractivity contribution in [2.24, 2.45) is 5.92 Å². The molecule has 90 valence electrons. The summed E-state index contributed by atoms with van der Waals surface area (Å²) in [6, 6.07) is 0.658. The quantitative estimate of drug-likeness (QED) is 0.739. The molecule has 0 aromatic heterocycles. The number of hydrogen-bond acceptors (Lipinski definition) is 3. The van der Waals surface area contributed by atoms with Crippen molar-refractivity contribution in [3.8, 4) is 0 Å². The van der Waals surface area contributed by atoms with Crippen LogP contribution in [-0.2, 0) is 9.84 Å². The number of hydrogen-bond donors (Lipinski definition) is 0. The highest BCUT2D eigenvalue weighted by Crippen LogP contribution is 2.27. The molecule has 3 nitrogen and oxygen atoms in total. The van der Waals surface area contributed by atoms with Crippen molar-refractivity contribution in [3.05, 3.63) is 0 Å². The van der Waals surface area contributed by atoms with Crippen molar-refractivity contribution in [2.45, 2.75) is 38.6 Å². The van der Waals surface area contributed by atoms with Gasteiger partial charge >= 0.3 is 0 Å². The van der Waals surface area contributed by atoms with E-state index in [0.717, 1.165) is 25.7 Å². The molecule has 0 aliphatic heterocycles. The minimum atomic E-state index is -2.77. The summed E-state index contributed by atoms with van der Waals surface area (Å²) in [6.07, 6.45) is 4.44. The Labute approximate surface area is 93.8 Å². The van der Waals surface area contributed by atoms with Crippen molar-refractivity contribution in [2.75, 3.05) is 25.6 Å². The Morgan fingerprint density at radius 1 is 1.13 bits per heavy atom. The zero-order valence-corrected chi connectivity index (χ0v) is 10.9. The van der Waals surface area contributed by atoms with E-state index in [1.807, 2.05) is 0 Å². The van der Waals surface area contributed by atoms with Crippen LogP contribution in [0, 0.1) is 5.92 Å². The third-order valence-corrected chi connectivity index (χ3v) is 5.33. The normalized spacial score (nSPS) is 28.3. The second kappa shape index (κ2) is 5.30. The van der Waals surface area contributed by atoms with Crippen molar-refractivity contribution in [1.82, 2.24) is 4.90 Å². The lowest BCUT2D eigenvalue weighted by Crippen LogP contribution is -2.33. The van der Waals surface area contributed by atoms with Gasteiger partial charge in [-0.15, -0.1) is 0 Å². The maximum Gasteiger partial charge on any atom is 0.150 e. The first-order valence-electron chi connectivity index (χ1n) is 5.81. The average Bonchev–Trinajstić information content (AvgIpc) is 2.18.